The van der Waals surface area contributed by atoms with Crippen LogP contribution in [-0.2, 0) is 4.74 Å². The zero-order valence-corrected chi connectivity index (χ0v) is 9.96. The quantitative estimate of drug-likeness (QED) is 0.649. The molecule has 90 valence electrons. The van der Waals surface area contributed by atoms with Crippen molar-refractivity contribution in [1.82, 2.24) is 0 Å². The van der Waals surface area contributed by atoms with E-state index in [2.05, 4.69) is 6.58 Å². The Morgan fingerprint density at radius 1 is 1.13 bits per heavy atom. The fourth-order valence-electron chi connectivity index (χ4n) is 1.04. The van der Waals surface area contributed by atoms with Gasteiger partial charge in [0.2, 0.25) is 0 Å². The summed E-state index contributed by atoms with van der Waals surface area (Å²) in [5.41, 5.74) is -2.63. The highest BCUT2D eigenvalue weighted by Gasteiger charge is 2.53. The first-order valence-electron chi connectivity index (χ1n) is 4.89. The summed E-state index contributed by atoms with van der Waals surface area (Å²) in [6.45, 7) is 11.1. The summed E-state index contributed by atoms with van der Waals surface area (Å²) in [7, 11) is 0. The van der Waals surface area contributed by atoms with Crippen molar-refractivity contribution in [3.63, 3.8) is 0 Å². The van der Waals surface area contributed by atoms with Crippen LogP contribution in [0.1, 0.15) is 41.0 Å². The first kappa shape index (κ1) is 14.3. The number of hydrogen-bond acceptors (Lipinski definition) is 1. The molecule has 0 aromatic rings. The number of halogens is 3. The first-order chi connectivity index (χ1) is 6.44. The molecule has 4 heteroatoms. The molecule has 0 radical (unpaired) electrons. The van der Waals surface area contributed by atoms with Gasteiger partial charge in [0.15, 0.2) is 0 Å². The second-order valence-corrected chi connectivity index (χ2v) is 4.82. The van der Waals surface area contributed by atoms with Crippen molar-refractivity contribution in [3.8, 4) is 0 Å². The number of alkyl halides is 3. The number of allylic oxidation sites excluding steroid dienone is 1. The van der Waals surface area contributed by atoms with Gasteiger partial charge in [-0.25, -0.2) is 0 Å². The monoisotopic (exact) mass is 224 g/mol. The third-order valence-corrected chi connectivity index (χ3v) is 2.38. The minimum atomic E-state index is -4.33. The molecule has 0 aliphatic heterocycles. The Balaban J connectivity index is 4.92. The summed E-state index contributed by atoms with van der Waals surface area (Å²) >= 11 is 0. The smallest absolute Gasteiger partial charge is 0.401 e. The van der Waals surface area contributed by atoms with Crippen LogP contribution in [0.15, 0.2) is 12.3 Å². The van der Waals surface area contributed by atoms with Gasteiger partial charge < -0.3 is 4.74 Å². The van der Waals surface area contributed by atoms with Gasteiger partial charge in [-0.1, -0.05) is 13.5 Å². The molecule has 0 heterocycles. The Morgan fingerprint density at radius 3 is 1.73 bits per heavy atom. The Kier molecular flexibility index (Phi) is 3.88. The topological polar surface area (TPSA) is 9.23 Å². The lowest BCUT2D eigenvalue weighted by Crippen LogP contribution is -2.39. The fraction of sp³-hybridized carbons (Fsp3) is 0.818. The predicted molar refractivity (Wildman–Crippen MR) is 54.4 cm³/mol. The molecule has 0 rings (SSSR count). The lowest BCUT2D eigenvalue weighted by Gasteiger charge is -2.36. The van der Waals surface area contributed by atoms with Gasteiger partial charge in [-0.05, 0) is 34.1 Å². The molecule has 0 saturated carbocycles. The van der Waals surface area contributed by atoms with Crippen molar-refractivity contribution in [2.24, 2.45) is 5.41 Å². The molecule has 1 nitrogen and oxygen atoms in total. The van der Waals surface area contributed by atoms with Crippen LogP contribution in [0.25, 0.3) is 0 Å². The van der Waals surface area contributed by atoms with E-state index in [1.165, 1.54) is 6.92 Å². The third-order valence-electron chi connectivity index (χ3n) is 2.38. The van der Waals surface area contributed by atoms with Crippen LogP contribution in [-0.4, -0.2) is 11.8 Å². The molecular formula is C11H19F3O. The molecular weight excluding hydrogens is 205 g/mol. The zero-order valence-electron chi connectivity index (χ0n) is 9.96. The highest BCUT2D eigenvalue weighted by atomic mass is 19.4. The minimum Gasteiger partial charge on any atom is -0.492 e. The van der Waals surface area contributed by atoms with E-state index in [-0.39, 0.29) is 12.2 Å². The van der Waals surface area contributed by atoms with Gasteiger partial charge in [0.1, 0.15) is 16.8 Å². The Morgan fingerprint density at radius 2 is 1.53 bits per heavy atom. The lowest BCUT2D eigenvalue weighted by molar-refractivity contribution is -0.221. The van der Waals surface area contributed by atoms with E-state index in [1.807, 2.05) is 0 Å². The number of hydrogen-bond donors (Lipinski definition) is 0. The molecule has 0 aromatic carbocycles. The van der Waals surface area contributed by atoms with Gasteiger partial charge in [0, 0.05) is 0 Å². The van der Waals surface area contributed by atoms with Crippen molar-refractivity contribution >= 4 is 0 Å². The summed E-state index contributed by atoms with van der Waals surface area (Å²) in [5, 5.41) is 0. The highest BCUT2D eigenvalue weighted by molar-refractivity contribution is 5.06. The molecule has 0 aromatic heterocycles. The second kappa shape index (κ2) is 4.06. The first-order valence-corrected chi connectivity index (χ1v) is 4.89. The Bertz CT molecular complexity index is 237. The van der Waals surface area contributed by atoms with Gasteiger partial charge in [-0.3, -0.25) is 0 Å². The molecule has 1 atom stereocenters. The standard InChI is InChI=1S/C11H19F3O/c1-7-10(6,11(12,13)14)8(2)15-9(3,4)5/h2,7H2,1,3-6H3. The molecule has 0 saturated heterocycles. The summed E-state index contributed by atoms with van der Waals surface area (Å²) in [5.74, 6) is -0.218. The average molecular weight is 224 g/mol. The van der Waals surface area contributed by atoms with Crippen LogP contribution in [0, 0.1) is 5.41 Å². The molecule has 0 fully saturated rings. The van der Waals surface area contributed by atoms with Crippen molar-refractivity contribution < 1.29 is 17.9 Å². The summed E-state index contributed by atoms with van der Waals surface area (Å²) in [6, 6.07) is 0. The molecule has 15 heavy (non-hydrogen) atoms. The predicted octanol–water partition coefficient (Wildman–Crippen LogP) is 4.29. The number of rotatable bonds is 3. The third kappa shape index (κ3) is 3.43. The van der Waals surface area contributed by atoms with E-state index in [9.17, 15) is 13.2 Å². The average Bonchev–Trinajstić information content (AvgIpc) is 1.97. The molecule has 1 unspecified atom stereocenters. The van der Waals surface area contributed by atoms with Crippen LogP contribution in [0.4, 0.5) is 13.2 Å². The van der Waals surface area contributed by atoms with E-state index in [0.717, 1.165) is 6.92 Å². The lowest BCUT2D eigenvalue weighted by atomic mass is 9.84. The van der Waals surface area contributed by atoms with Gasteiger partial charge in [-0.2, -0.15) is 13.2 Å². The van der Waals surface area contributed by atoms with Crippen molar-refractivity contribution in [1.29, 1.82) is 0 Å². The van der Waals surface area contributed by atoms with E-state index >= 15 is 0 Å². The van der Waals surface area contributed by atoms with E-state index in [4.69, 9.17) is 4.74 Å². The van der Waals surface area contributed by atoms with Crippen LogP contribution >= 0.6 is 0 Å². The van der Waals surface area contributed by atoms with Crippen LogP contribution in [0.5, 0.6) is 0 Å². The second-order valence-electron chi connectivity index (χ2n) is 4.82. The van der Waals surface area contributed by atoms with Gasteiger partial charge in [0.05, 0.1) is 0 Å². The number of ether oxygens (including phenoxy) is 1. The summed E-state index contributed by atoms with van der Waals surface area (Å²) in [4.78, 5) is 0. The van der Waals surface area contributed by atoms with Crippen molar-refractivity contribution in [3.05, 3.63) is 12.3 Å². The fourth-order valence-corrected chi connectivity index (χ4v) is 1.04. The molecule has 0 spiro atoms. The van der Waals surface area contributed by atoms with E-state index in [0.29, 0.717) is 0 Å². The van der Waals surface area contributed by atoms with Crippen molar-refractivity contribution in [2.45, 2.75) is 52.8 Å². The van der Waals surface area contributed by atoms with Crippen molar-refractivity contribution in [2.75, 3.05) is 0 Å². The maximum Gasteiger partial charge on any atom is 0.401 e. The molecule has 0 aliphatic carbocycles. The Hall–Kier alpha value is -0.670. The normalized spacial score (nSPS) is 17.1. The zero-order chi connectivity index (χ0) is 12.5. The van der Waals surface area contributed by atoms with Crippen LogP contribution < -0.4 is 0 Å². The Labute approximate surface area is 89.3 Å². The largest absolute Gasteiger partial charge is 0.492 e. The SMILES string of the molecule is C=C(OC(C)(C)C)C(C)(CC)C(F)(F)F. The molecule has 0 amide bonds. The summed E-state index contributed by atoms with van der Waals surface area (Å²) < 4.78 is 43.6. The van der Waals surface area contributed by atoms with Gasteiger partial charge in [0.25, 0.3) is 0 Å². The highest BCUT2D eigenvalue weighted by Crippen LogP contribution is 2.47. The van der Waals surface area contributed by atoms with E-state index in [1.54, 1.807) is 20.8 Å². The maximum absolute atomic E-state index is 12.8. The summed E-state index contributed by atoms with van der Waals surface area (Å²) in [6.07, 6.45) is -4.41. The van der Waals surface area contributed by atoms with Crippen LogP contribution in [0.2, 0.25) is 0 Å². The minimum absolute atomic E-state index is 0.0780. The van der Waals surface area contributed by atoms with Gasteiger partial charge >= 0.3 is 6.18 Å². The van der Waals surface area contributed by atoms with Crippen LogP contribution in [0.3, 0.4) is 0 Å². The van der Waals surface area contributed by atoms with Gasteiger partial charge in [-0.15, -0.1) is 0 Å². The maximum atomic E-state index is 12.8. The molecule has 0 N–H and O–H groups in total. The molecule has 0 bridgehead atoms. The molecule has 0 aliphatic rings. The van der Waals surface area contributed by atoms with E-state index < -0.39 is 17.2 Å².